The van der Waals surface area contributed by atoms with E-state index in [1.807, 2.05) is 4.72 Å². The highest BCUT2D eigenvalue weighted by Crippen LogP contribution is 2.37. The van der Waals surface area contributed by atoms with Crippen molar-refractivity contribution in [3.05, 3.63) is 57.6 Å². The van der Waals surface area contributed by atoms with E-state index in [2.05, 4.69) is 0 Å². The fourth-order valence-electron chi connectivity index (χ4n) is 2.27. The van der Waals surface area contributed by atoms with Gasteiger partial charge in [-0.3, -0.25) is 4.72 Å². The molecule has 2 aromatic rings. The van der Waals surface area contributed by atoms with Gasteiger partial charge in [0, 0.05) is 5.02 Å². The Balaban J connectivity index is 2.60. The van der Waals surface area contributed by atoms with Crippen LogP contribution in [0.3, 0.4) is 0 Å². The molecular formula is C16H13ClF3NO4S. The van der Waals surface area contributed by atoms with Crippen molar-refractivity contribution < 1.29 is 31.5 Å². The van der Waals surface area contributed by atoms with E-state index in [9.17, 15) is 26.4 Å². The molecule has 2 aromatic carbocycles. The summed E-state index contributed by atoms with van der Waals surface area (Å²) in [7, 11) is -4.47. The predicted molar refractivity (Wildman–Crippen MR) is 90.1 cm³/mol. The van der Waals surface area contributed by atoms with Crippen LogP contribution >= 0.6 is 11.6 Å². The van der Waals surface area contributed by atoms with Gasteiger partial charge in [0.05, 0.1) is 21.7 Å². The lowest BCUT2D eigenvalue weighted by Gasteiger charge is -2.17. The number of hydrogen-bond acceptors (Lipinski definition) is 3. The first kappa shape index (κ1) is 20.1. The van der Waals surface area contributed by atoms with E-state index in [0.717, 1.165) is 18.2 Å². The van der Waals surface area contributed by atoms with Gasteiger partial charge in [0.15, 0.2) is 0 Å². The molecule has 0 aliphatic carbocycles. The zero-order valence-corrected chi connectivity index (χ0v) is 15.1. The van der Waals surface area contributed by atoms with Crippen LogP contribution in [0.5, 0.6) is 0 Å². The summed E-state index contributed by atoms with van der Waals surface area (Å²) in [6.07, 6.45) is -4.84. The Morgan fingerprint density at radius 3 is 2.31 bits per heavy atom. The van der Waals surface area contributed by atoms with Gasteiger partial charge in [-0.05, 0) is 55.3 Å². The third-order valence-corrected chi connectivity index (χ3v) is 5.41. The monoisotopic (exact) mass is 407 g/mol. The lowest BCUT2D eigenvalue weighted by Crippen LogP contribution is -2.19. The number of carboxylic acid groups (broad SMARTS) is 1. The minimum atomic E-state index is -4.84. The van der Waals surface area contributed by atoms with Crippen LogP contribution in [0.1, 0.15) is 27.0 Å². The molecule has 0 aliphatic heterocycles. The van der Waals surface area contributed by atoms with Crippen LogP contribution in [0.2, 0.25) is 5.02 Å². The smallest absolute Gasteiger partial charge is 0.418 e. The Hall–Kier alpha value is -2.26. The summed E-state index contributed by atoms with van der Waals surface area (Å²) in [6.45, 7) is 2.94. The maximum atomic E-state index is 13.1. The van der Waals surface area contributed by atoms with E-state index >= 15 is 0 Å². The van der Waals surface area contributed by atoms with E-state index in [-0.39, 0.29) is 16.1 Å². The van der Waals surface area contributed by atoms with E-state index in [4.69, 9.17) is 16.7 Å². The first-order valence-corrected chi connectivity index (χ1v) is 8.93. The van der Waals surface area contributed by atoms with Crippen LogP contribution in [-0.4, -0.2) is 19.5 Å². The van der Waals surface area contributed by atoms with Crippen LogP contribution in [0.15, 0.2) is 35.2 Å². The number of aryl methyl sites for hydroxylation is 1. The average molecular weight is 408 g/mol. The van der Waals surface area contributed by atoms with Gasteiger partial charge in [0.25, 0.3) is 10.0 Å². The largest absolute Gasteiger partial charge is 0.478 e. The molecule has 5 nitrogen and oxygen atoms in total. The van der Waals surface area contributed by atoms with Crippen molar-refractivity contribution in [1.82, 2.24) is 0 Å². The molecule has 0 atom stereocenters. The molecule has 0 saturated heterocycles. The number of hydrogen-bond donors (Lipinski definition) is 2. The zero-order chi connectivity index (χ0) is 19.9. The van der Waals surface area contributed by atoms with Crippen molar-refractivity contribution in [3.8, 4) is 0 Å². The van der Waals surface area contributed by atoms with Gasteiger partial charge in [-0.2, -0.15) is 13.2 Å². The van der Waals surface area contributed by atoms with Crippen molar-refractivity contribution in [2.24, 2.45) is 0 Å². The molecule has 0 saturated carbocycles. The number of aromatic carboxylic acids is 1. The summed E-state index contributed by atoms with van der Waals surface area (Å²) in [5, 5.41) is 8.87. The molecule has 0 aromatic heterocycles. The molecule has 0 spiro atoms. The Labute approximate surface area is 152 Å². The number of carbonyl (C=O) groups is 1. The summed E-state index contributed by atoms with van der Waals surface area (Å²) in [5.74, 6) is -1.35. The average Bonchev–Trinajstić information content (AvgIpc) is 2.50. The molecule has 10 heteroatoms. The molecular weight excluding hydrogens is 395 g/mol. The number of carboxylic acids is 1. The predicted octanol–water partition coefficient (Wildman–Crippen LogP) is 4.47. The van der Waals surface area contributed by atoms with Gasteiger partial charge >= 0.3 is 12.1 Å². The van der Waals surface area contributed by atoms with E-state index in [0.29, 0.717) is 11.6 Å². The van der Waals surface area contributed by atoms with Crippen molar-refractivity contribution in [3.63, 3.8) is 0 Å². The highest BCUT2D eigenvalue weighted by Gasteiger charge is 2.35. The minimum absolute atomic E-state index is 0.208. The number of rotatable bonds is 4. The molecule has 2 N–H and O–H groups in total. The number of sulfonamides is 1. The summed E-state index contributed by atoms with van der Waals surface area (Å²) in [5.41, 5.74) is -1.65. The van der Waals surface area contributed by atoms with Crippen molar-refractivity contribution in [2.75, 3.05) is 4.72 Å². The van der Waals surface area contributed by atoms with Crippen molar-refractivity contribution in [2.45, 2.75) is 24.9 Å². The molecule has 0 bridgehead atoms. The normalized spacial score (nSPS) is 12.1. The highest BCUT2D eigenvalue weighted by molar-refractivity contribution is 7.92. The quantitative estimate of drug-likeness (QED) is 0.783. The van der Waals surface area contributed by atoms with Crippen LogP contribution in [-0.2, 0) is 16.2 Å². The van der Waals surface area contributed by atoms with Gasteiger partial charge in [-0.1, -0.05) is 11.6 Å². The SMILES string of the molecule is Cc1cc(C(=O)O)cc(S(=O)(=O)Nc2ccc(Cl)cc2C(F)(F)F)c1C. The van der Waals surface area contributed by atoms with E-state index in [1.54, 1.807) is 0 Å². The molecule has 0 unspecified atom stereocenters. The first-order chi connectivity index (χ1) is 11.8. The number of halogens is 4. The maximum Gasteiger partial charge on any atom is 0.418 e. The molecule has 2 rings (SSSR count). The maximum absolute atomic E-state index is 13.1. The molecule has 140 valence electrons. The van der Waals surface area contributed by atoms with Crippen LogP contribution in [0, 0.1) is 13.8 Å². The summed E-state index contributed by atoms with van der Waals surface area (Å²) in [4.78, 5) is 10.7. The van der Waals surface area contributed by atoms with Crippen LogP contribution < -0.4 is 4.72 Å². The lowest BCUT2D eigenvalue weighted by molar-refractivity contribution is -0.136. The third-order valence-electron chi connectivity index (χ3n) is 3.69. The van der Waals surface area contributed by atoms with E-state index in [1.165, 1.54) is 19.9 Å². The van der Waals surface area contributed by atoms with Crippen molar-refractivity contribution >= 4 is 33.3 Å². The fourth-order valence-corrected chi connectivity index (χ4v) is 3.87. The minimum Gasteiger partial charge on any atom is -0.478 e. The topological polar surface area (TPSA) is 83.5 Å². The number of nitrogens with one attached hydrogen (secondary N) is 1. The Morgan fingerprint density at radius 2 is 1.77 bits per heavy atom. The van der Waals surface area contributed by atoms with Crippen LogP contribution in [0.4, 0.5) is 18.9 Å². The van der Waals surface area contributed by atoms with Crippen LogP contribution in [0.25, 0.3) is 0 Å². The zero-order valence-electron chi connectivity index (χ0n) is 13.5. The Morgan fingerprint density at radius 1 is 1.15 bits per heavy atom. The number of alkyl halides is 3. The molecule has 0 amide bonds. The second-order valence-corrected chi connectivity index (χ2v) is 7.60. The second kappa shape index (κ2) is 6.81. The fraction of sp³-hybridized carbons (Fsp3) is 0.188. The Bertz CT molecular complexity index is 988. The first-order valence-electron chi connectivity index (χ1n) is 7.07. The Kier molecular flexibility index (Phi) is 5.25. The molecule has 26 heavy (non-hydrogen) atoms. The second-order valence-electron chi connectivity index (χ2n) is 5.51. The summed E-state index contributed by atoms with van der Waals surface area (Å²) >= 11 is 5.57. The molecule has 0 aliphatic rings. The molecule has 0 heterocycles. The number of benzene rings is 2. The number of anilines is 1. The van der Waals surface area contributed by atoms with Gasteiger partial charge in [0.1, 0.15) is 0 Å². The molecule has 0 radical (unpaired) electrons. The standard InChI is InChI=1S/C16H13ClF3NO4S/c1-8-5-10(15(22)23)6-14(9(8)2)26(24,25)21-13-4-3-11(17)7-12(13)16(18,19)20/h3-7,21H,1-2H3,(H,22,23). The van der Waals surface area contributed by atoms with Gasteiger partial charge in [-0.15, -0.1) is 0 Å². The third kappa shape index (κ3) is 4.10. The lowest BCUT2D eigenvalue weighted by atomic mass is 10.1. The van der Waals surface area contributed by atoms with Crippen molar-refractivity contribution in [1.29, 1.82) is 0 Å². The van der Waals surface area contributed by atoms with Gasteiger partial charge < -0.3 is 5.11 Å². The van der Waals surface area contributed by atoms with Gasteiger partial charge in [0.2, 0.25) is 0 Å². The van der Waals surface area contributed by atoms with Gasteiger partial charge in [-0.25, -0.2) is 13.2 Å². The summed E-state index contributed by atoms with van der Waals surface area (Å²) in [6, 6.07) is 4.79. The van der Waals surface area contributed by atoms with E-state index < -0.39 is 38.3 Å². The summed E-state index contributed by atoms with van der Waals surface area (Å²) < 4.78 is 66.5. The molecule has 0 fully saturated rings. The highest BCUT2D eigenvalue weighted by atomic mass is 35.5.